The molecule has 0 aliphatic carbocycles. The van der Waals surface area contributed by atoms with Crippen molar-refractivity contribution in [1.29, 1.82) is 0 Å². The molecule has 2 aromatic heterocycles. The standard InChI is InChI=1S/C14H18N4O2S/c1-18(9-7-13-4-2-3-8-16-13)21(19,20)14-6-5-12(10-15)11-17-14/h2-6,8,11H,7,9-10,15H2,1H3. The third-order valence-electron chi connectivity index (χ3n) is 3.12. The van der Waals surface area contributed by atoms with Crippen LogP contribution < -0.4 is 5.73 Å². The van der Waals surface area contributed by atoms with Gasteiger partial charge in [0.05, 0.1) is 0 Å². The van der Waals surface area contributed by atoms with Crippen LogP contribution in [0.1, 0.15) is 11.3 Å². The van der Waals surface area contributed by atoms with Crippen LogP contribution in [0.15, 0.2) is 47.8 Å². The molecule has 0 saturated carbocycles. The number of pyridine rings is 2. The second-order valence-electron chi connectivity index (χ2n) is 4.61. The minimum atomic E-state index is -3.58. The molecule has 0 spiro atoms. The second-order valence-corrected chi connectivity index (χ2v) is 6.60. The molecule has 0 aliphatic heterocycles. The lowest BCUT2D eigenvalue weighted by atomic mass is 10.3. The lowest BCUT2D eigenvalue weighted by molar-refractivity contribution is 0.468. The van der Waals surface area contributed by atoms with Crippen LogP contribution in [0.3, 0.4) is 0 Å². The number of nitrogens with zero attached hydrogens (tertiary/aromatic N) is 3. The van der Waals surface area contributed by atoms with Crippen LogP contribution in [0.2, 0.25) is 0 Å². The van der Waals surface area contributed by atoms with Crippen LogP contribution in [0.4, 0.5) is 0 Å². The van der Waals surface area contributed by atoms with Crippen molar-refractivity contribution in [2.45, 2.75) is 18.0 Å². The van der Waals surface area contributed by atoms with E-state index >= 15 is 0 Å². The summed E-state index contributed by atoms with van der Waals surface area (Å²) >= 11 is 0. The average molecular weight is 306 g/mol. The van der Waals surface area contributed by atoms with Crippen molar-refractivity contribution in [3.63, 3.8) is 0 Å². The largest absolute Gasteiger partial charge is 0.326 e. The SMILES string of the molecule is CN(CCc1ccccn1)S(=O)(=O)c1ccc(CN)cn1. The van der Waals surface area contributed by atoms with Crippen molar-refractivity contribution in [2.75, 3.05) is 13.6 Å². The van der Waals surface area contributed by atoms with E-state index < -0.39 is 10.0 Å². The summed E-state index contributed by atoms with van der Waals surface area (Å²) < 4.78 is 26.0. The van der Waals surface area contributed by atoms with Crippen LogP contribution in [-0.4, -0.2) is 36.3 Å². The molecule has 0 amide bonds. The quantitative estimate of drug-likeness (QED) is 0.852. The molecule has 0 aromatic carbocycles. The van der Waals surface area contributed by atoms with E-state index in [2.05, 4.69) is 9.97 Å². The van der Waals surface area contributed by atoms with Crippen molar-refractivity contribution < 1.29 is 8.42 Å². The molecule has 0 bridgehead atoms. The van der Waals surface area contributed by atoms with E-state index in [-0.39, 0.29) is 5.03 Å². The molecule has 0 saturated heterocycles. The molecule has 2 aromatic rings. The fraction of sp³-hybridized carbons (Fsp3) is 0.286. The predicted molar refractivity (Wildman–Crippen MR) is 79.9 cm³/mol. The normalized spacial score (nSPS) is 11.8. The van der Waals surface area contributed by atoms with Crippen molar-refractivity contribution in [3.8, 4) is 0 Å². The number of rotatable bonds is 6. The van der Waals surface area contributed by atoms with E-state index in [1.165, 1.54) is 23.6 Å². The Hall–Kier alpha value is -1.83. The predicted octanol–water partition coefficient (Wildman–Crippen LogP) is 0.798. The highest BCUT2D eigenvalue weighted by Gasteiger charge is 2.21. The maximum atomic E-state index is 12.4. The number of hydrogen-bond acceptors (Lipinski definition) is 5. The Kier molecular flexibility index (Phi) is 5.00. The number of nitrogens with two attached hydrogens (primary N) is 1. The Labute approximate surface area is 124 Å². The molecule has 21 heavy (non-hydrogen) atoms. The molecule has 2 heterocycles. The molecular formula is C14H18N4O2S. The maximum absolute atomic E-state index is 12.4. The van der Waals surface area contributed by atoms with E-state index in [4.69, 9.17) is 5.73 Å². The summed E-state index contributed by atoms with van der Waals surface area (Å²) in [6.45, 7) is 0.683. The van der Waals surface area contributed by atoms with Gasteiger partial charge >= 0.3 is 0 Å². The minimum absolute atomic E-state index is 0.0308. The Morgan fingerprint density at radius 1 is 1.19 bits per heavy atom. The summed E-state index contributed by atoms with van der Waals surface area (Å²) in [6, 6.07) is 8.73. The molecule has 2 N–H and O–H groups in total. The second kappa shape index (κ2) is 6.75. The molecule has 0 fully saturated rings. The molecular weight excluding hydrogens is 288 g/mol. The van der Waals surface area contributed by atoms with E-state index in [0.29, 0.717) is 19.5 Å². The Morgan fingerprint density at radius 2 is 2.00 bits per heavy atom. The van der Waals surface area contributed by atoms with Gasteiger partial charge in [0.25, 0.3) is 10.0 Å². The number of aromatic nitrogens is 2. The van der Waals surface area contributed by atoms with E-state index in [9.17, 15) is 8.42 Å². The van der Waals surface area contributed by atoms with Crippen molar-refractivity contribution in [3.05, 3.63) is 54.0 Å². The van der Waals surface area contributed by atoms with E-state index in [1.807, 2.05) is 18.2 Å². The van der Waals surface area contributed by atoms with E-state index in [1.54, 1.807) is 12.3 Å². The number of likely N-dealkylation sites (N-methyl/N-ethyl adjacent to an activating group) is 1. The van der Waals surface area contributed by atoms with Crippen LogP contribution in [0.5, 0.6) is 0 Å². The molecule has 7 heteroatoms. The molecule has 0 radical (unpaired) electrons. The Morgan fingerprint density at radius 3 is 2.57 bits per heavy atom. The maximum Gasteiger partial charge on any atom is 0.260 e. The summed E-state index contributed by atoms with van der Waals surface area (Å²) in [6.07, 6.45) is 3.73. The van der Waals surface area contributed by atoms with Gasteiger partial charge in [-0.1, -0.05) is 12.1 Å². The first-order valence-corrected chi connectivity index (χ1v) is 7.99. The smallest absolute Gasteiger partial charge is 0.260 e. The summed E-state index contributed by atoms with van der Waals surface area (Å²) in [5.74, 6) is 0. The minimum Gasteiger partial charge on any atom is -0.326 e. The first-order chi connectivity index (χ1) is 10.0. The summed E-state index contributed by atoms with van der Waals surface area (Å²) in [7, 11) is -2.04. The molecule has 0 unspecified atom stereocenters. The van der Waals surface area contributed by atoms with Crippen molar-refractivity contribution >= 4 is 10.0 Å². The van der Waals surface area contributed by atoms with Gasteiger partial charge in [0.15, 0.2) is 5.03 Å². The van der Waals surface area contributed by atoms with Gasteiger partial charge in [0.2, 0.25) is 0 Å². The molecule has 2 rings (SSSR count). The summed E-state index contributed by atoms with van der Waals surface area (Å²) in [5, 5.41) is 0.0308. The summed E-state index contributed by atoms with van der Waals surface area (Å²) in [5.41, 5.74) is 7.12. The Balaban J connectivity index is 2.07. The van der Waals surface area contributed by atoms with Crippen molar-refractivity contribution in [2.24, 2.45) is 5.73 Å². The van der Waals surface area contributed by atoms with Gasteiger partial charge in [-0.2, -0.15) is 4.31 Å². The van der Waals surface area contributed by atoms with Crippen LogP contribution in [0, 0.1) is 0 Å². The summed E-state index contributed by atoms with van der Waals surface area (Å²) in [4.78, 5) is 8.15. The zero-order valence-electron chi connectivity index (χ0n) is 11.8. The lowest BCUT2D eigenvalue weighted by Gasteiger charge is -2.16. The highest BCUT2D eigenvalue weighted by Crippen LogP contribution is 2.12. The van der Waals surface area contributed by atoms with Gasteiger partial charge in [-0.05, 0) is 23.8 Å². The van der Waals surface area contributed by atoms with Crippen LogP contribution in [-0.2, 0) is 23.0 Å². The highest BCUT2D eigenvalue weighted by molar-refractivity contribution is 7.89. The third kappa shape index (κ3) is 3.84. The topological polar surface area (TPSA) is 89.2 Å². The molecule has 0 atom stereocenters. The third-order valence-corrected chi connectivity index (χ3v) is 4.89. The first-order valence-electron chi connectivity index (χ1n) is 6.55. The number of sulfonamides is 1. The fourth-order valence-electron chi connectivity index (χ4n) is 1.78. The highest BCUT2D eigenvalue weighted by atomic mass is 32.2. The first kappa shape index (κ1) is 15.6. The van der Waals surface area contributed by atoms with Gasteiger partial charge < -0.3 is 5.73 Å². The van der Waals surface area contributed by atoms with Gasteiger partial charge in [0, 0.05) is 44.6 Å². The average Bonchev–Trinajstić information content (AvgIpc) is 2.53. The number of hydrogen-bond donors (Lipinski definition) is 1. The van der Waals surface area contributed by atoms with Crippen molar-refractivity contribution in [1.82, 2.24) is 14.3 Å². The fourth-order valence-corrected chi connectivity index (χ4v) is 2.86. The van der Waals surface area contributed by atoms with Gasteiger partial charge in [-0.15, -0.1) is 0 Å². The van der Waals surface area contributed by atoms with Gasteiger partial charge in [-0.25, -0.2) is 13.4 Å². The zero-order chi connectivity index (χ0) is 15.3. The molecule has 6 nitrogen and oxygen atoms in total. The lowest BCUT2D eigenvalue weighted by Crippen LogP contribution is -2.29. The van der Waals surface area contributed by atoms with E-state index in [0.717, 1.165) is 11.3 Å². The zero-order valence-corrected chi connectivity index (χ0v) is 12.6. The van der Waals surface area contributed by atoms with Gasteiger partial charge in [-0.3, -0.25) is 4.98 Å². The molecule has 112 valence electrons. The molecule has 0 aliphatic rings. The Bertz CT molecular complexity index is 672. The van der Waals surface area contributed by atoms with Gasteiger partial charge in [0.1, 0.15) is 0 Å². The van der Waals surface area contributed by atoms with Crippen LogP contribution in [0.25, 0.3) is 0 Å². The van der Waals surface area contributed by atoms with Crippen LogP contribution >= 0.6 is 0 Å². The monoisotopic (exact) mass is 306 g/mol.